The van der Waals surface area contributed by atoms with Crippen LogP contribution in [0.2, 0.25) is 0 Å². The average Bonchev–Trinajstić information content (AvgIpc) is 2.97. The molecule has 0 saturated heterocycles. The quantitative estimate of drug-likeness (QED) is 0.858. The highest BCUT2D eigenvalue weighted by Gasteiger charge is 2.28. The second-order valence-electron chi connectivity index (χ2n) is 6.76. The van der Waals surface area contributed by atoms with Gasteiger partial charge >= 0.3 is 0 Å². The lowest BCUT2D eigenvalue weighted by atomic mass is 9.90. The second kappa shape index (κ2) is 6.96. The molecule has 1 heterocycles. The number of carbonyl (C=O) groups excluding carboxylic acids is 1. The topological polar surface area (TPSA) is 81.2 Å². The van der Waals surface area contributed by atoms with Gasteiger partial charge in [0.25, 0.3) is 5.91 Å². The molecule has 0 saturated carbocycles. The Morgan fingerprint density at radius 2 is 2.00 bits per heavy atom. The van der Waals surface area contributed by atoms with Crippen LogP contribution in [0.5, 0.6) is 0 Å². The molecule has 0 radical (unpaired) electrons. The molecule has 1 unspecified atom stereocenters. The molecule has 124 valence electrons. The maximum atomic E-state index is 12.4. The van der Waals surface area contributed by atoms with E-state index in [9.17, 15) is 4.79 Å². The molecule has 0 aliphatic rings. The molecule has 0 bridgehead atoms. The first-order chi connectivity index (χ1) is 10.8. The van der Waals surface area contributed by atoms with Crippen molar-refractivity contribution in [1.82, 2.24) is 10.5 Å². The van der Waals surface area contributed by atoms with Gasteiger partial charge in [-0.05, 0) is 26.2 Å². The molecule has 0 fully saturated rings. The molecule has 1 atom stereocenters. The summed E-state index contributed by atoms with van der Waals surface area (Å²) in [7, 11) is 0. The number of aromatic nitrogens is 1. The van der Waals surface area contributed by atoms with Crippen molar-refractivity contribution in [2.24, 2.45) is 11.7 Å². The van der Waals surface area contributed by atoms with Crippen LogP contribution in [0.3, 0.4) is 0 Å². The maximum Gasteiger partial charge on any atom is 0.290 e. The number of aryl methyl sites for hydroxylation is 1. The lowest BCUT2D eigenvalue weighted by Crippen LogP contribution is -2.52. The number of hydrogen-bond acceptors (Lipinski definition) is 4. The van der Waals surface area contributed by atoms with Crippen LogP contribution < -0.4 is 11.1 Å². The summed E-state index contributed by atoms with van der Waals surface area (Å²) in [6.45, 7) is 8.54. The molecular formula is C18H25N3O2. The monoisotopic (exact) mass is 315 g/mol. The molecule has 1 aromatic carbocycles. The standard InChI is InChI=1S/C18H25N3O2/c1-12(2)10-18(4,11-19)20-17(22)16-9-15(21-23-16)14-7-5-13(3)6-8-14/h5-9,12H,10-11,19H2,1-4H3,(H,20,22). The minimum absolute atomic E-state index is 0.198. The van der Waals surface area contributed by atoms with E-state index in [-0.39, 0.29) is 11.7 Å². The van der Waals surface area contributed by atoms with Gasteiger partial charge in [-0.3, -0.25) is 4.79 Å². The highest BCUT2D eigenvalue weighted by Crippen LogP contribution is 2.21. The predicted octanol–water partition coefficient (Wildman–Crippen LogP) is 3.14. The number of hydrogen-bond donors (Lipinski definition) is 2. The smallest absolute Gasteiger partial charge is 0.290 e. The third kappa shape index (κ3) is 4.42. The first-order valence-electron chi connectivity index (χ1n) is 7.89. The number of nitrogens with two attached hydrogens (primary N) is 1. The molecular weight excluding hydrogens is 290 g/mol. The summed E-state index contributed by atoms with van der Waals surface area (Å²) >= 11 is 0. The Kier molecular flexibility index (Phi) is 5.21. The lowest BCUT2D eigenvalue weighted by molar-refractivity contribution is 0.0860. The maximum absolute atomic E-state index is 12.4. The van der Waals surface area contributed by atoms with Crippen molar-refractivity contribution in [3.05, 3.63) is 41.7 Å². The van der Waals surface area contributed by atoms with Gasteiger partial charge in [-0.2, -0.15) is 0 Å². The van der Waals surface area contributed by atoms with Crippen molar-refractivity contribution >= 4 is 5.91 Å². The predicted molar refractivity (Wildman–Crippen MR) is 91.1 cm³/mol. The summed E-state index contributed by atoms with van der Waals surface area (Å²) in [4.78, 5) is 12.4. The first-order valence-corrected chi connectivity index (χ1v) is 7.89. The van der Waals surface area contributed by atoms with Crippen molar-refractivity contribution < 1.29 is 9.32 Å². The zero-order valence-electron chi connectivity index (χ0n) is 14.2. The average molecular weight is 315 g/mol. The third-order valence-corrected chi connectivity index (χ3v) is 3.81. The van der Waals surface area contributed by atoms with Crippen LogP contribution >= 0.6 is 0 Å². The fourth-order valence-electron chi connectivity index (χ4n) is 2.66. The minimum Gasteiger partial charge on any atom is -0.350 e. The number of nitrogens with one attached hydrogen (secondary N) is 1. The van der Waals surface area contributed by atoms with Crippen molar-refractivity contribution in [2.75, 3.05) is 6.54 Å². The molecule has 0 spiro atoms. The molecule has 5 heteroatoms. The van der Waals surface area contributed by atoms with Crippen LogP contribution in [-0.2, 0) is 0 Å². The molecule has 0 aliphatic heterocycles. The Morgan fingerprint density at radius 1 is 1.35 bits per heavy atom. The summed E-state index contributed by atoms with van der Waals surface area (Å²) in [6, 6.07) is 9.57. The van der Waals surface area contributed by atoms with Crippen LogP contribution in [0, 0.1) is 12.8 Å². The first kappa shape index (κ1) is 17.2. The highest BCUT2D eigenvalue weighted by molar-refractivity contribution is 5.92. The van der Waals surface area contributed by atoms with Crippen LogP contribution in [0.25, 0.3) is 11.3 Å². The molecule has 5 nitrogen and oxygen atoms in total. The van der Waals surface area contributed by atoms with Crippen molar-refractivity contribution in [2.45, 2.75) is 39.7 Å². The summed E-state index contributed by atoms with van der Waals surface area (Å²) < 4.78 is 5.20. The number of carbonyl (C=O) groups is 1. The Balaban J connectivity index is 2.13. The van der Waals surface area contributed by atoms with E-state index in [1.807, 2.05) is 38.1 Å². The van der Waals surface area contributed by atoms with Crippen molar-refractivity contribution in [3.8, 4) is 11.3 Å². The highest BCUT2D eigenvalue weighted by atomic mass is 16.5. The van der Waals surface area contributed by atoms with Gasteiger partial charge in [0.05, 0.1) is 5.54 Å². The van der Waals surface area contributed by atoms with Gasteiger partial charge in [0.2, 0.25) is 5.76 Å². The SMILES string of the molecule is Cc1ccc(-c2cc(C(=O)NC(C)(CN)CC(C)C)on2)cc1. The zero-order valence-corrected chi connectivity index (χ0v) is 14.2. The normalized spacial score (nSPS) is 13.8. The summed E-state index contributed by atoms with van der Waals surface area (Å²) in [6.07, 6.45) is 0.800. The van der Waals surface area contributed by atoms with E-state index in [0.29, 0.717) is 18.2 Å². The molecule has 2 rings (SSSR count). The van der Waals surface area contributed by atoms with E-state index in [1.165, 1.54) is 5.56 Å². The van der Waals surface area contributed by atoms with Crippen LogP contribution in [0.4, 0.5) is 0 Å². The van der Waals surface area contributed by atoms with E-state index in [2.05, 4.69) is 24.3 Å². The van der Waals surface area contributed by atoms with Gasteiger partial charge in [-0.25, -0.2) is 0 Å². The second-order valence-corrected chi connectivity index (χ2v) is 6.76. The number of benzene rings is 1. The van der Waals surface area contributed by atoms with Gasteiger partial charge in [-0.15, -0.1) is 0 Å². The Hall–Kier alpha value is -2.14. The van der Waals surface area contributed by atoms with Crippen LogP contribution in [0.1, 0.15) is 43.3 Å². The Morgan fingerprint density at radius 3 is 2.57 bits per heavy atom. The Labute approximate surface area is 137 Å². The fourth-order valence-corrected chi connectivity index (χ4v) is 2.66. The number of amides is 1. The molecule has 1 aromatic heterocycles. The van der Waals surface area contributed by atoms with Gasteiger partial charge in [0.15, 0.2) is 0 Å². The van der Waals surface area contributed by atoms with Gasteiger partial charge in [-0.1, -0.05) is 48.8 Å². The molecule has 0 aliphatic carbocycles. The van der Waals surface area contributed by atoms with Gasteiger partial charge < -0.3 is 15.6 Å². The summed E-state index contributed by atoms with van der Waals surface area (Å²) in [5, 5.41) is 6.95. The Bertz CT molecular complexity index is 661. The van der Waals surface area contributed by atoms with Crippen LogP contribution in [0.15, 0.2) is 34.9 Å². The van der Waals surface area contributed by atoms with E-state index in [4.69, 9.17) is 10.3 Å². The zero-order chi connectivity index (χ0) is 17.0. The van der Waals surface area contributed by atoms with Gasteiger partial charge in [0.1, 0.15) is 5.69 Å². The summed E-state index contributed by atoms with van der Waals surface area (Å²) in [5.74, 6) is 0.343. The van der Waals surface area contributed by atoms with E-state index in [0.717, 1.165) is 12.0 Å². The summed E-state index contributed by atoms with van der Waals surface area (Å²) in [5.41, 5.74) is 8.11. The van der Waals surface area contributed by atoms with E-state index in [1.54, 1.807) is 6.07 Å². The van der Waals surface area contributed by atoms with Crippen molar-refractivity contribution in [3.63, 3.8) is 0 Å². The van der Waals surface area contributed by atoms with Gasteiger partial charge in [0, 0.05) is 18.2 Å². The molecule has 1 amide bonds. The third-order valence-electron chi connectivity index (χ3n) is 3.81. The van der Waals surface area contributed by atoms with Crippen LogP contribution in [-0.4, -0.2) is 23.1 Å². The molecule has 2 aromatic rings. The van der Waals surface area contributed by atoms with E-state index >= 15 is 0 Å². The number of nitrogens with zero attached hydrogens (tertiary/aromatic N) is 1. The molecule has 3 N–H and O–H groups in total. The lowest BCUT2D eigenvalue weighted by Gasteiger charge is -2.30. The van der Waals surface area contributed by atoms with Crippen molar-refractivity contribution in [1.29, 1.82) is 0 Å². The molecule has 23 heavy (non-hydrogen) atoms. The van der Waals surface area contributed by atoms with E-state index < -0.39 is 5.54 Å². The number of rotatable bonds is 6. The largest absolute Gasteiger partial charge is 0.350 e. The minimum atomic E-state index is -0.456. The fraction of sp³-hybridized carbons (Fsp3) is 0.444.